The molecule has 1 aromatic carbocycles. The average Bonchev–Trinajstić information content (AvgIpc) is 2.16. The van der Waals surface area contributed by atoms with E-state index in [9.17, 15) is 4.79 Å². The zero-order chi connectivity index (χ0) is 10.1. The minimum absolute atomic E-state index is 0.0781. The first-order chi connectivity index (χ1) is 6.70. The van der Waals surface area contributed by atoms with Gasteiger partial charge in [-0.3, -0.25) is 4.79 Å². The van der Waals surface area contributed by atoms with Crippen LogP contribution in [0.25, 0.3) is 11.0 Å². The predicted molar refractivity (Wildman–Crippen MR) is 56.5 cm³/mol. The van der Waals surface area contributed by atoms with Crippen LogP contribution in [0.1, 0.15) is 18.2 Å². The number of hydrogen-bond acceptors (Lipinski definition) is 2. The molecule has 0 saturated heterocycles. The number of aryl methyl sites for hydroxylation is 2. The van der Waals surface area contributed by atoms with Crippen molar-refractivity contribution in [1.29, 1.82) is 0 Å². The fourth-order valence-electron chi connectivity index (χ4n) is 1.48. The number of rotatable bonds is 1. The van der Waals surface area contributed by atoms with Crippen LogP contribution < -0.4 is 5.56 Å². The molecule has 0 spiro atoms. The number of hydrogen-bond donors (Lipinski definition) is 1. The molecule has 1 N–H and O–H groups in total. The van der Waals surface area contributed by atoms with E-state index < -0.39 is 0 Å². The Kier molecular flexibility index (Phi) is 2.08. The Bertz CT molecular complexity index is 528. The maximum Gasteiger partial charge on any atom is 0.270 e. The molecular formula is C11H12N2O. The number of H-pyrrole nitrogens is 1. The van der Waals surface area contributed by atoms with Crippen molar-refractivity contribution in [3.8, 4) is 0 Å². The van der Waals surface area contributed by atoms with E-state index in [0.29, 0.717) is 12.1 Å². The third kappa shape index (κ3) is 1.41. The van der Waals surface area contributed by atoms with Crippen LogP contribution in [0.2, 0.25) is 0 Å². The molecule has 3 heteroatoms. The summed E-state index contributed by atoms with van der Waals surface area (Å²) in [5.41, 5.74) is 3.31. The topological polar surface area (TPSA) is 45.8 Å². The molecule has 0 fully saturated rings. The number of nitrogens with one attached hydrogen (secondary N) is 1. The monoisotopic (exact) mass is 188 g/mol. The second kappa shape index (κ2) is 3.25. The first-order valence-electron chi connectivity index (χ1n) is 4.70. The molecule has 0 radical (unpaired) electrons. The quantitative estimate of drug-likeness (QED) is 0.741. The van der Waals surface area contributed by atoms with Gasteiger partial charge in [0.25, 0.3) is 5.56 Å². The summed E-state index contributed by atoms with van der Waals surface area (Å²) in [5.74, 6) is 0. The van der Waals surface area contributed by atoms with Gasteiger partial charge in [-0.15, -0.1) is 0 Å². The summed E-state index contributed by atoms with van der Waals surface area (Å²) in [5, 5.41) is 0. The van der Waals surface area contributed by atoms with E-state index in [1.165, 1.54) is 0 Å². The van der Waals surface area contributed by atoms with Gasteiger partial charge >= 0.3 is 0 Å². The molecule has 1 aromatic heterocycles. The van der Waals surface area contributed by atoms with Gasteiger partial charge in [-0.05, 0) is 31.0 Å². The fraction of sp³-hybridized carbons (Fsp3) is 0.273. The van der Waals surface area contributed by atoms with Crippen LogP contribution in [-0.2, 0) is 6.42 Å². The van der Waals surface area contributed by atoms with Gasteiger partial charge in [0.15, 0.2) is 0 Å². The molecule has 0 aliphatic carbocycles. The van der Waals surface area contributed by atoms with Crippen molar-refractivity contribution in [3.05, 3.63) is 39.8 Å². The molecule has 0 atom stereocenters. The third-order valence-corrected chi connectivity index (χ3v) is 2.25. The minimum Gasteiger partial charge on any atom is -0.319 e. The summed E-state index contributed by atoms with van der Waals surface area (Å²) < 4.78 is 0. The second-order valence-corrected chi connectivity index (χ2v) is 3.39. The van der Waals surface area contributed by atoms with Gasteiger partial charge in [0.2, 0.25) is 0 Å². The van der Waals surface area contributed by atoms with E-state index in [1.54, 1.807) is 0 Å². The normalized spacial score (nSPS) is 10.7. The molecule has 2 aromatic rings. The number of benzene rings is 1. The SMILES string of the molecule is CCc1nc2ccc(C)cc2[nH]c1=O. The van der Waals surface area contributed by atoms with Crippen molar-refractivity contribution in [1.82, 2.24) is 9.97 Å². The molecule has 0 bridgehead atoms. The number of fused-ring (bicyclic) bond motifs is 1. The highest BCUT2D eigenvalue weighted by molar-refractivity contribution is 5.74. The molecule has 3 nitrogen and oxygen atoms in total. The van der Waals surface area contributed by atoms with Gasteiger partial charge in [-0.1, -0.05) is 13.0 Å². The lowest BCUT2D eigenvalue weighted by molar-refractivity contribution is 0.996. The highest BCUT2D eigenvalue weighted by Gasteiger charge is 2.01. The zero-order valence-electron chi connectivity index (χ0n) is 8.29. The highest BCUT2D eigenvalue weighted by atomic mass is 16.1. The Morgan fingerprint density at radius 1 is 1.43 bits per heavy atom. The Balaban J connectivity index is 2.79. The van der Waals surface area contributed by atoms with Crippen molar-refractivity contribution in [2.75, 3.05) is 0 Å². The van der Waals surface area contributed by atoms with Crippen molar-refractivity contribution in [3.63, 3.8) is 0 Å². The van der Waals surface area contributed by atoms with Crippen molar-refractivity contribution < 1.29 is 0 Å². The first kappa shape index (κ1) is 8.94. The summed E-state index contributed by atoms with van der Waals surface area (Å²) in [4.78, 5) is 18.6. The standard InChI is InChI=1S/C11H12N2O/c1-3-8-11(14)13-10-6-7(2)4-5-9(10)12-8/h4-6H,3H2,1-2H3,(H,13,14). The lowest BCUT2D eigenvalue weighted by atomic mass is 10.2. The second-order valence-electron chi connectivity index (χ2n) is 3.39. The van der Waals surface area contributed by atoms with Crippen LogP contribution in [-0.4, -0.2) is 9.97 Å². The maximum absolute atomic E-state index is 11.5. The molecule has 0 amide bonds. The van der Waals surface area contributed by atoms with E-state index in [1.807, 2.05) is 32.0 Å². The third-order valence-electron chi connectivity index (χ3n) is 2.25. The van der Waals surface area contributed by atoms with Crippen molar-refractivity contribution in [2.45, 2.75) is 20.3 Å². The van der Waals surface area contributed by atoms with Gasteiger partial charge in [0, 0.05) is 0 Å². The number of nitrogens with zero attached hydrogens (tertiary/aromatic N) is 1. The Hall–Kier alpha value is -1.64. The summed E-state index contributed by atoms with van der Waals surface area (Å²) >= 11 is 0. The van der Waals surface area contributed by atoms with E-state index in [-0.39, 0.29) is 5.56 Å². The predicted octanol–water partition coefficient (Wildman–Crippen LogP) is 1.79. The van der Waals surface area contributed by atoms with E-state index in [0.717, 1.165) is 16.6 Å². The summed E-state index contributed by atoms with van der Waals surface area (Å²) in [6, 6.07) is 5.86. The van der Waals surface area contributed by atoms with Crippen LogP contribution in [0.4, 0.5) is 0 Å². The molecule has 0 aliphatic rings. The van der Waals surface area contributed by atoms with Crippen molar-refractivity contribution >= 4 is 11.0 Å². The lowest BCUT2D eigenvalue weighted by Crippen LogP contribution is -2.14. The Morgan fingerprint density at radius 2 is 2.21 bits per heavy atom. The van der Waals surface area contributed by atoms with Crippen LogP contribution >= 0.6 is 0 Å². The first-order valence-corrected chi connectivity index (χ1v) is 4.70. The lowest BCUT2D eigenvalue weighted by Gasteiger charge is -2.00. The van der Waals surface area contributed by atoms with E-state index in [4.69, 9.17) is 0 Å². The zero-order valence-corrected chi connectivity index (χ0v) is 8.29. The molecular weight excluding hydrogens is 176 g/mol. The summed E-state index contributed by atoms with van der Waals surface area (Å²) in [6.07, 6.45) is 0.666. The van der Waals surface area contributed by atoms with E-state index in [2.05, 4.69) is 9.97 Å². The maximum atomic E-state index is 11.5. The largest absolute Gasteiger partial charge is 0.319 e. The molecule has 1 heterocycles. The van der Waals surface area contributed by atoms with Gasteiger partial charge in [-0.25, -0.2) is 4.98 Å². The number of aromatic amines is 1. The van der Waals surface area contributed by atoms with Crippen LogP contribution in [0.15, 0.2) is 23.0 Å². The van der Waals surface area contributed by atoms with Crippen LogP contribution in [0.3, 0.4) is 0 Å². The Labute approximate surface area is 81.8 Å². The molecule has 0 saturated carbocycles. The molecule has 72 valence electrons. The average molecular weight is 188 g/mol. The van der Waals surface area contributed by atoms with Gasteiger partial charge < -0.3 is 4.98 Å². The number of aromatic nitrogens is 2. The highest BCUT2D eigenvalue weighted by Crippen LogP contribution is 2.09. The molecule has 2 rings (SSSR count). The summed E-state index contributed by atoms with van der Waals surface area (Å²) in [7, 11) is 0. The van der Waals surface area contributed by atoms with Gasteiger partial charge in [0.1, 0.15) is 5.69 Å². The smallest absolute Gasteiger partial charge is 0.270 e. The fourth-order valence-corrected chi connectivity index (χ4v) is 1.48. The molecule has 0 unspecified atom stereocenters. The summed E-state index contributed by atoms with van der Waals surface area (Å²) in [6.45, 7) is 3.92. The molecule has 0 aliphatic heterocycles. The van der Waals surface area contributed by atoms with Gasteiger partial charge in [-0.2, -0.15) is 0 Å². The van der Waals surface area contributed by atoms with Crippen LogP contribution in [0.5, 0.6) is 0 Å². The van der Waals surface area contributed by atoms with E-state index >= 15 is 0 Å². The van der Waals surface area contributed by atoms with Gasteiger partial charge in [0.05, 0.1) is 11.0 Å². The Morgan fingerprint density at radius 3 is 2.93 bits per heavy atom. The minimum atomic E-state index is -0.0781. The van der Waals surface area contributed by atoms with Crippen LogP contribution in [0, 0.1) is 6.92 Å². The van der Waals surface area contributed by atoms with Crippen molar-refractivity contribution in [2.24, 2.45) is 0 Å². The molecule has 14 heavy (non-hydrogen) atoms.